The molecule has 12 nitrogen and oxygen atoms in total. The zero-order valence-electron chi connectivity index (χ0n) is 14.1. The third-order valence-corrected chi connectivity index (χ3v) is 3.75. The first-order valence-electron chi connectivity index (χ1n) is 7.41. The second-order valence-corrected chi connectivity index (χ2v) is 5.63. The molecule has 0 bridgehead atoms. The molecule has 0 saturated carbocycles. The summed E-state index contributed by atoms with van der Waals surface area (Å²) in [5, 5.41) is 21.0. The van der Waals surface area contributed by atoms with Crippen LogP contribution in [0.3, 0.4) is 0 Å². The summed E-state index contributed by atoms with van der Waals surface area (Å²) in [6.45, 7) is 2.88. The van der Waals surface area contributed by atoms with Crippen molar-refractivity contribution < 1.29 is 34.2 Å². The van der Waals surface area contributed by atoms with Crippen LogP contribution in [0, 0.1) is 0 Å². The van der Waals surface area contributed by atoms with Crippen molar-refractivity contribution in [1.82, 2.24) is 14.6 Å². The van der Waals surface area contributed by atoms with E-state index in [4.69, 9.17) is 15.3 Å². The first-order chi connectivity index (χ1) is 12.0. The van der Waals surface area contributed by atoms with E-state index in [9.17, 15) is 29.4 Å². The molecule has 1 fully saturated rings. The topological polar surface area (TPSA) is 174 Å². The van der Waals surface area contributed by atoms with E-state index in [1.807, 2.05) is 0 Å². The molecule has 1 aliphatic rings. The number of nitrogens with two attached hydrogens (primary N) is 1. The van der Waals surface area contributed by atoms with Crippen LogP contribution in [0.15, 0.2) is 17.1 Å². The highest BCUT2D eigenvalue weighted by molar-refractivity contribution is 5.90. The van der Waals surface area contributed by atoms with Crippen LogP contribution in [0.4, 0.5) is 5.82 Å². The van der Waals surface area contributed by atoms with Crippen LogP contribution in [-0.2, 0) is 24.0 Å². The van der Waals surface area contributed by atoms with Gasteiger partial charge >= 0.3 is 11.7 Å². The number of carbonyl (C=O) groups is 3. The maximum absolute atomic E-state index is 12.3. The van der Waals surface area contributed by atoms with Gasteiger partial charge in [-0.05, 0) is 13.0 Å². The molecule has 0 aliphatic carbocycles. The second kappa shape index (κ2) is 6.82. The Kier molecular flexibility index (Phi) is 5.11. The van der Waals surface area contributed by atoms with Crippen molar-refractivity contribution in [3.05, 3.63) is 22.7 Å². The van der Waals surface area contributed by atoms with Crippen molar-refractivity contribution in [2.24, 2.45) is 0 Å². The number of hydrogen-bond acceptors (Lipinski definition) is 10. The summed E-state index contributed by atoms with van der Waals surface area (Å²) in [5.74, 6) is -2.96. The zero-order valence-corrected chi connectivity index (χ0v) is 14.1. The minimum Gasteiger partial charge on any atom is -0.385 e. The van der Waals surface area contributed by atoms with Gasteiger partial charge in [0.25, 0.3) is 11.6 Å². The molecule has 1 aromatic heterocycles. The lowest BCUT2D eigenvalue weighted by Gasteiger charge is -2.37. The number of ketones is 1. The number of carbonyl (C=O) groups excluding carboxylic acids is 3. The number of aromatic nitrogens is 2. The third-order valence-electron chi connectivity index (χ3n) is 3.75. The number of ether oxygens (including phenoxy) is 1. The van der Waals surface area contributed by atoms with Crippen LogP contribution in [0.25, 0.3) is 0 Å². The van der Waals surface area contributed by atoms with E-state index in [-0.39, 0.29) is 10.9 Å². The van der Waals surface area contributed by atoms with E-state index in [0.29, 0.717) is 0 Å². The van der Waals surface area contributed by atoms with Crippen molar-refractivity contribution in [2.45, 2.75) is 44.9 Å². The second-order valence-electron chi connectivity index (χ2n) is 5.63. The van der Waals surface area contributed by atoms with E-state index < -0.39 is 47.5 Å². The van der Waals surface area contributed by atoms with Crippen LogP contribution in [0.5, 0.6) is 0 Å². The average Bonchev–Trinajstić information content (AvgIpc) is 2.78. The Labute approximate surface area is 146 Å². The summed E-state index contributed by atoms with van der Waals surface area (Å²) < 4.78 is 6.21. The van der Waals surface area contributed by atoms with Crippen molar-refractivity contribution in [3.8, 4) is 0 Å². The van der Waals surface area contributed by atoms with Gasteiger partial charge in [-0.15, -0.1) is 5.06 Å². The predicted molar refractivity (Wildman–Crippen MR) is 82.7 cm³/mol. The molecule has 1 amide bonds. The number of nitrogens with zero attached hydrogens (tertiary/aromatic N) is 3. The lowest BCUT2D eigenvalue weighted by Crippen LogP contribution is -2.63. The Bertz CT molecular complexity index is 808. The minimum absolute atomic E-state index is 0.0950. The van der Waals surface area contributed by atoms with Crippen LogP contribution in [0.1, 0.15) is 27.0 Å². The number of Topliss-reactive ketones (excluding diaryl/α,β-unsaturated/α-hetero) is 1. The maximum atomic E-state index is 12.3. The van der Waals surface area contributed by atoms with Crippen LogP contribution >= 0.6 is 0 Å². The Morgan fingerprint density at radius 1 is 1.35 bits per heavy atom. The van der Waals surface area contributed by atoms with Crippen molar-refractivity contribution in [3.63, 3.8) is 0 Å². The van der Waals surface area contributed by atoms with Crippen molar-refractivity contribution >= 4 is 23.5 Å². The highest BCUT2D eigenvalue weighted by Gasteiger charge is 2.64. The molecule has 1 aliphatic heterocycles. The van der Waals surface area contributed by atoms with Gasteiger partial charge in [-0.1, -0.05) is 0 Å². The van der Waals surface area contributed by atoms with Gasteiger partial charge in [-0.2, -0.15) is 4.98 Å². The lowest BCUT2D eigenvalue weighted by molar-refractivity contribution is -0.282. The summed E-state index contributed by atoms with van der Waals surface area (Å²) >= 11 is 0. The van der Waals surface area contributed by atoms with Gasteiger partial charge in [-0.25, -0.2) is 4.79 Å². The van der Waals surface area contributed by atoms with E-state index in [1.165, 1.54) is 6.07 Å². The van der Waals surface area contributed by atoms with Gasteiger partial charge in [0.1, 0.15) is 18.0 Å². The number of aliphatic hydroxyl groups is 2. The molecule has 2 rings (SSSR count). The third kappa shape index (κ3) is 3.05. The molecule has 4 N–H and O–H groups in total. The Morgan fingerprint density at radius 2 is 1.96 bits per heavy atom. The summed E-state index contributed by atoms with van der Waals surface area (Å²) in [6.07, 6.45) is -4.34. The highest BCUT2D eigenvalue weighted by atomic mass is 16.8. The molecule has 1 saturated heterocycles. The van der Waals surface area contributed by atoms with Gasteiger partial charge in [0.15, 0.2) is 12.0 Å². The Morgan fingerprint density at radius 3 is 2.42 bits per heavy atom. The van der Waals surface area contributed by atoms with E-state index >= 15 is 0 Å². The fraction of sp³-hybridized carbons (Fsp3) is 0.500. The fourth-order valence-corrected chi connectivity index (χ4v) is 2.65. The van der Waals surface area contributed by atoms with Crippen LogP contribution in [0.2, 0.25) is 0 Å². The fourth-order valence-electron chi connectivity index (χ4n) is 2.65. The molecule has 26 heavy (non-hydrogen) atoms. The van der Waals surface area contributed by atoms with E-state index in [1.54, 1.807) is 0 Å². The van der Waals surface area contributed by atoms with Crippen molar-refractivity contribution in [2.75, 3.05) is 5.73 Å². The van der Waals surface area contributed by atoms with Crippen LogP contribution < -0.4 is 11.4 Å². The Hall–Kier alpha value is -2.83. The molecular weight excluding hydrogens is 352 g/mol. The van der Waals surface area contributed by atoms with Crippen molar-refractivity contribution in [1.29, 1.82) is 0 Å². The number of hydrogen-bond donors (Lipinski definition) is 3. The maximum Gasteiger partial charge on any atom is 0.351 e. The Balaban J connectivity index is 2.57. The SMILES string of the molecule is CC(=O)ON(C(C)=O)[C@@]1(C(C)=O)O[C@@H](n2ccc(N)nc2=O)[C@H](O)[C@@H]1O. The minimum atomic E-state index is -2.55. The number of nitrogen functional groups attached to an aromatic ring is 1. The predicted octanol–water partition coefficient (Wildman–Crippen LogP) is -2.31. The summed E-state index contributed by atoms with van der Waals surface area (Å²) in [4.78, 5) is 55.6. The van der Waals surface area contributed by atoms with Gasteiger partial charge < -0.3 is 25.5 Å². The molecule has 0 aromatic carbocycles. The molecule has 142 valence electrons. The van der Waals surface area contributed by atoms with Gasteiger partial charge in [0, 0.05) is 20.0 Å². The molecular formula is C14H18N4O8. The summed E-state index contributed by atoms with van der Waals surface area (Å²) in [5.41, 5.74) is 1.91. The first kappa shape index (κ1) is 19.5. The van der Waals surface area contributed by atoms with Gasteiger partial charge in [0.2, 0.25) is 0 Å². The molecule has 2 heterocycles. The number of aliphatic hydroxyl groups excluding tert-OH is 2. The van der Waals surface area contributed by atoms with E-state index in [2.05, 4.69) is 4.98 Å². The first-order valence-corrected chi connectivity index (χ1v) is 7.41. The molecule has 1 aromatic rings. The molecule has 0 radical (unpaired) electrons. The number of anilines is 1. The number of hydroxylamine groups is 2. The summed E-state index contributed by atoms with van der Waals surface area (Å²) in [7, 11) is 0. The quantitative estimate of drug-likeness (QED) is 0.490. The van der Waals surface area contributed by atoms with E-state index in [0.717, 1.165) is 31.5 Å². The largest absolute Gasteiger partial charge is 0.385 e. The van der Waals surface area contributed by atoms with Gasteiger partial charge in [0.05, 0.1) is 0 Å². The van der Waals surface area contributed by atoms with Crippen LogP contribution in [-0.4, -0.2) is 60.4 Å². The monoisotopic (exact) mass is 370 g/mol. The number of rotatable bonds is 3. The molecule has 4 atom stereocenters. The molecule has 12 heteroatoms. The zero-order chi connectivity index (χ0) is 19.8. The smallest absolute Gasteiger partial charge is 0.351 e. The summed E-state index contributed by atoms with van der Waals surface area (Å²) in [6, 6.07) is 1.23. The average molecular weight is 370 g/mol. The normalized spacial score (nSPS) is 27.8. The molecule has 0 spiro atoms. The lowest BCUT2D eigenvalue weighted by atomic mass is 9.99. The molecule has 0 unspecified atom stereocenters. The van der Waals surface area contributed by atoms with Gasteiger partial charge in [-0.3, -0.25) is 19.0 Å². The number of amides is 1. The standard InChI is InChI=1S/C14H18N4O8/c1-6(19)14(18(7(2)20)26-8(3)21)11(23)10(22)12(25-14)17-5-4-9(15)16-13(17)24/h4-5,10-12,22-23H,1-3H3,(H2,15,16,24)/t10-,11+,12-,14+/m1/s1. The highest BCUT2D eigenvalue weighted by Crippen LogP contribution is 2.40.